The third-order valence-corrected chi connectivity index (χ3v) is 3.56. The monoisotopic (exact) mass is 289 g/mol. The van der Waals surface area contributed by atoms with Gasteiger partial charge in [0.05, 0.1) is 0 Å². The number of alkyl halides is 3. The molecule has 1 saturated carbocycles. The van der Waals surface area contributed by atoms with Gasteiger partial charge in [0.15, 0.2) is 0 Å². The lowest BCUT2D eigenvalue weighted by Crippen LogP contribution is -2.24. The molecule has 0 bridgehead atoms. The molecule has 20 heavy (non-hydrogen) atoms. The van der Waals surface area contributed by atoms with Gasteiger partial charge in [-0.2, -0.15) is 0 Å². The highest BCUT2D eigenvalue weighted by Crippen LogP contribution is 2.47. The third kappa shape index (κ3) is 4.68. The zero-order chi connectivity index (χ0) is 14.6. The highest BCUT2D eigenvalue weighted by atomic mass is 19.4. The lowest BCUT2D eigenvalue weighted by atomic mass is 10.0. The fourth-order valence-electron chi connectivity index (χ4n) is 2.25. The van der Waals surface area contributed by atoms with Crippen molar-refractivity contribution in [3.8, 4) is 5.75 Å². The third-order valence-electron chi connectivity index (χ3n) is 3.56. The van der Waals surface area contributed by atoms with Gasteiger partial charge in [0.1, 0.15) is 5.75 Å². The SMILES string of the molecule is OCCC1(CNCc2cccc(OC(F)(F)F)c2)CC1. The molecule has 1 fully saturated rings. The quantitative estimate of drug-likeness (QED) is 0.811. The summed E-state index contributed by atoms with van der Waals surface area (Å²) in [5, 5.41) is 12.2. The van der Waals surface area contributed by atoms with Crippen LogP contribution in [0.1, 0.15) is 24.8 Å². The van der Waals surface area contributed by atoms with Gasteiger partial charge in [0, 0.05) is 19.7 Å². The van der Waals surface area contributed by atoms with Gasteiger partial charge < -0.3 is 15.2 Å². The van der Waals surface area contributed by atoms with Gasteiger partial charge >= 0.3 is 6.36 Å². The summed E-state index contributed by atoms with van der Waals surface area (Å²) in [6, 6.07) is 5.96. The molecule has 1 aromatic rings. The largest absolute Gasteiger partial charge is 0.573 e. The van der Waals surface area contributed by atoms with Crippen LogP contribution in [-0.2, 0) is 6.54 Å². The molecule has 0 spiro atoms. The highest BCUT2D eigenvalue weighted by Gasteiger charge is 2.41. The minimum absolute atomic E-state index is 0.177. The summed E-state index contributed by atoms with van der Waals surface area (Å²) >= 11 is 0. The fraction of sp³-hybridized carbons (Fsp3) is 0.571. The summed E-state index contributed by atoms with van der Waals surface area (Å²) in [4.78, 5) is 0. The van der Waals surface area contributed by atoms with Crippen LogP contribution >= 0.6 is 0 Å². The van der Waals surface area contributed by atoms with Crippen molar-refractivity contribution >= 4 is 0 Å². The van der Waals surface area contributed by atoms with Crippen LogP contribution in [0.2, 0.25) is 0 Å². The Morgan fingerprint density at radius 1 is 1.30 bits per heavy atom. The number of hydrogen-bond donors (Lipinski definition) is 2. The highest BCUT2D eigenvalue weighted by molar-refractivity contribution is 5.28. The zero-order valence-corrected chi connectivity index (χ0v) is 11.0. The van der Waals surface area contributed by atoms with Crippen LogP contribution in [0, 0.1) is 5.41 Å². The first-order valence-corrected chi connectivity index (χ1v) is 6.59. The van der Waals surface area contributed by atoms with Gasteiger partial charge in [-0.1, -0.05) is 12.1 Å². The maximum Gasteiger partial charge on any atom is 0.573 e. The van der Waals surface area contributed by atoms with Crippen molar-refractivity contribution in [2.75, 3.05) is 13.2 Å². The first-order valence-electron chi connectivity index (χ1n) is 6.59. The summed E-state index contributed by atoms with van der Waals surface area (Å²) in [6.07, 6.45) is -1.70. The van der Waals surface area contributed by atoms with Gasteiger partial charge in [0.25, 0.3) is 0 Å². The second kappa shape index (κ2) is 6.01. The minimum Gasteiger partial charge on any atom is -0.406 e. The normalized spacial score (nSPS) is 17.0. The molecule has 0 unspecified atom stereocenters. The van der Waals surface area contributed by atoms with E-state index in [1.54, 1.807) is 12.1 Å². The van der Waals surface area contributed by atoms with E-state index in [9.17, 15) is 13.2 Å². The van der Waals surface area contributed by atoms with E-state index in [4.69, 9.17) is 5.11 Å². The number of halogens is 3. The summed E-state index contributed by atoms with van der Waals surface area (Å²) in [6.45, 7) is 1.44. The smallest absolute Gasteiger partial charge is 0.406 e. The molecule has 0 saturated heterocycles. The molecule has 0 aliphatic heterocycles. The second-order valence-electron chi connectivity index (χ2n) is 5.27. The number of aliphatic hydroxyl groups is 1. The molecule has 3 nitrogen and oxygen atoms in total. The van der Waals surface area contributed by atoms with Gasteiger partial charge in [-0.3, -0.25) is 0 Å². The summed E-state index contributed by atoms with van der Waals surface area (Å²) < 4.78 is 40.2. The van der Waals surface area contributed by atoms with Crippen LogP contribution in [0.4, 0.5) is 13.2 Å². The minimum atomic E-state index is -4.66. The van der Waals surface area contributed by atoms with E-state index in [0.717, 1.165) is 31.4 Å². The van der Waals surface area contributed by atoms with Crippen molar-refractivity contribution in [2.45, 2.75) is 32.2 Å². The number of benzene rings is 1. The number of hydrogen-bond acceptors (Lipinski definition) is 3. The van der Waals surface area contributed by atoms with E-state index in [-0.39, 0.29) is 17.8 Å². The first-order chi connectivity index (χ1) is 9.42. The summed E-state index contributed by atoms with van der Waals surface area (Å²) in [5.41, 5.74) is 0.931. The second-order valence-corrected chi connectivity index (χ2v) is 5.27. The van der Waals surface area contributed by atoms with Crippen molar-refractivity contribution < 1.29 is 23.0 Å². The molecular formula is C14H18F3NO2. The first kappa shape index (κ1) is 15.1. The van der Waals surface area contributed by atoms with Gasteiger partial charge in [0.2, 0.25) is 0 Å². The Morgan fingerprint density at radius 3 is 2.65 bits per heavy atom. The number of nitrogens with one attached hydrogen (secondary N) is 1. The van der Waals surface area contributed by atoms with Gasteiger partial charge in [-0.15, -0.1) is 13.2 Å². The standard InChI is InChI=1S/C14H18F3NO2/c15-14(16,17)20-12-3-1-2-11(8-12)9-18-10-13(4-5-13)6-7-19/h1-3,8,18-19H,4-7,9-10H2. The van der Waals surface area contributed by atoms with E-state index >= 15 is 0 Å². The Bertz CT molecular complexity index is 444. The zero-order valence-electron chi connectivity index (χ0n) is 11.0. The summed E-state index contributed by atoms with van der Waals surface area (Å²) in [7, 11) is 0. The maximum absolute atomic E-state index is 12.1. The Balaban J connectivity index is 1.82. The predicted octanol–water partition coefficient (Wildman–Crippen LogP) is 2.84. The maximum atomic E-state index is 12.1. The molecule has 0 heterocycles. The van der Waals surface area contributed by atoms with E-state index in [1.165, 1.54) is 12.1 Å². The number of ether oxygens (including phenoxy) is 1. The van der Waals surface area contributed by atoms with Crippen molar-refractivity contribution in [2.24, 2.45) is 5.41 Å². The molecule has 0 aromatic heterocycles. The lowest BCUT2D eigenvalue weighted by Gasteiger charge is -2.15. The molecular weight excluding hydrogens is 271 g/mol. The van der Waals surface area contributed by atoms with Crippen molar-refractivity contribution in [3.05, 3.63) is 29.8 Å². The topological polar surface area (TPSA) is 41.5 Å². The average Bonchev–Trinajstić information content (AvgIpc) is 3.08. The molecule has 0 amide bonds. The molecule has 6 heteroatoms. The van der Waals surface area contributed by atoms with Crippen LogP contribution < -0.4 is 10.1 Å². The van der Waals surface area contributed by atoms with E-state index in [2.05, 4.69) is 10.1 Å². The Kier molecular flexibility index (Phi) is 4.55. The van der Waals surface area contributed by atoms with Crippen LogP contribution in [0.3, 0.4) is 0 Å². The van der Waals surface area contributed by atoms with Crippen molar-refractivity contribution in [1.29, 1.82) is 0 Å². The van der Waals surface area contributed by atoms with Crippen LogP contribution in [0.5, 0.6) is 5.75 Å². The summed E-state index contributed by atoms with van der Waals surface area (Å²) in [5.74, 6) is -0.201. The average molecular weight is 289 g/mol. The molecule has 2 rings (SSSR count). The van der Waals surface area contributed by atoms with Crippen LogP contribution in [0.25, 0.3) is 0 Å². The molecule has 1 aliphatic rings. The van der Waals surface area contributed by atoms with Gasteiger partial charge in [-0.05, 0) is 42.4 Å². The lowest BCUT2D eigenvalue weighted by molar-refractivity contribution is -0.274. The van der Waals surface area contributed by atoms with E-state index in [1.807, 2.05) is 0 Å². The van der Waals surface area contributed by atoms with Crippen LogP contribution in [0.15, 0.2) is 24.3 Å². The fourth-order valence-corrected chi connectivity index (χ4v) is 2.25. The van der Waals surface area contributed by atoms with Crippen molar-refractivity contribution in [3.63, 3.8) is 0 Å². The van der Waals surface area contributed by atoms with E-state index < -0.39 is 6.36 Å². The Morgan fingerprint density at radius 2 is 2.05 bits per heavy atom. The number of aliphatic hydroxyl groups excluding tert-OH is 1. The Labute approximate surface area is 115 Å². The van der Waals surface area contributed by atoms with E-state index in [0.29, 0.717) is 6.54 Å². The number of rotatable bonds is 7. The molecule has 1 aromatic carbocycles. The van der Waals surface area contributed by atoms with Crippen LogP contribution in [-0.4, -0.2) is 24.6 Å². The van der Waals surface area contributed by atoms with Gasteiger partial charge in [-0.25, -0.2) is 0 Å². The van der Waals surface area contributed by atoms with Crippen molar-refractivity contribution in [1.82, 2.24) is 5.32 Å². The molecule has 0 radical (unpaired) electrons. The Hall–Kier alpha value is -1.27. The predicted molar refractivity (Wildman–Crippen MR) is 68.2 cm³/mol. The molecule has 112 valence electrons. The molecule has 0 atom stereocenters. The molecule has 2 N–H and O–H groups in total. The molecule has 1 aliphatic carbocycles.